The van der Waals surface area contributed by atoms with Gasteiger partial charge in [-0.3, -0.25) is 9.59 Å². The molecule has 2 rings (SSSR count). The fraction of sp³-hybridized carbons (Fsp3) is 0.600. The number of benzene rings is 1. The van der Waals surface area contributed by atoms with Crippen LogP contribution in [-0.4, -0.2) is 17.4 Å². The first-order chi connectivity index (χ1) is 11.1. The zero-order valence-corrected chi connectivity index (χ0v) is 15.6. The molecule has 2 amide bonds. The summed E-state index contributed by atoms with van der Waals surface area (Å²) in [7, 11) is 0. The Morgan fingerprint density at radius 3 is 2.33 bits per heavy atom. The standard InChI is InChI=1S/C20H30N2O2/c1-14-8-9-15(2)16(12-14)21-18(24)20(10-6-7-11-20)13-17(23)22-19(3,4)5/h8-9,12H,6-7,10-11,13H2,1-5H3,(H,21,24)(H,22,23). The summed E-state index contributed by atoms with van der Waals surface area (Å²) in [5.74, 6) is -0.0572. The second kappa shape index (κ2) is 6.96. The lowest BCUT2D eigenvalue weighted by molar-refractivity contribution is -0.133. The van der Waals surface area contributed by atoms with Crippen molar-refractivity contribution >= 4 is 17.5 Å². The van der Waals surface area contributed by atoms with E-state index in [-0.39, 0.29) is 23.8 Å². The molecule has 0 atom stereocenters. The van der Waals surface area contributed by atoms with Gasteiger partial charge in [-0.25, -0.2) is 0 Å². The summed E-state index contributed by atoms with van der Waals surface area (Å²) in [6, 6.07) is 6.04. The summed E-state index contributed by atoms with van der Waals surface area (Å²) < 4.78 is 0. The molecule has 1 aliphatic rings. The van der Waals surface area contributed by atoms with E-state index in [1.807, 2.05) is 52.8 Å². The van der Waals surface area contributed by atoms with Gasteiger partial charge in [0.15, 0.2) is 0 Å². The maximum absolute atomic E-state index is 13.0. The van der Waals surface area contributed by atoms with E-state index in [1.165, 1.54) is 0 Å². The van der Waals surface area contributed by atoms with Crippen molar-refractivity contribution in [3.8, 4) is 0 Å². The van der Waals surface area contributed by atoms with Crippen LogP contribution in [0.15, 0.2) is 18.2 Å². The van der Waals surface area contributed by atoms with Gasteiger partial charge >= 0.3 is 0 Å². The van der Waals surface area contributed by atoms with E-state index in [2.05, 4.69) is 10.6 Å². The number of carbonyl (C=O) groups excluding carboxylic acids is 2. The van der Waals surface area contributed by atoms with Crippen LogP contribution in [0, 0.1) is 19.3 Å². The van der Waals surface area contributed by atoms with Crippen molar-refractivity contribution < 1.29 is 9.59 Å². The molecule has 4 nitrogen and oxygen atoms in total. The van der Waals surface area contributed by atoms with Crippen LogP contribution < -0.4 is 10.6 Å². The van der Waals surface area contributed by atoms with E-state index in [1.54, 1.807) is 0 Å². The van der Waals surface area contributed by atoms with Gasteiger partial charge in [-0.2, -0.15) is 0 Å². The number of nitrogens with one attached hydrogen (secondary N) is 2. The first-order valence-electron chi connectivity index (χ1n) is 8.81. The molecule has 0 aromatic heterocycles. The Morgan fingerprint density at radius 2 is 1.75 bits per heavy atom. The Bertz CT molecular complexity index is 623. The molecule has 24 heavy (non-hydrogen) atoms. The average Bonchev–Trinajstić information content (AvgIpc) is 2.90. The minimum absolute atomic E-state index is 0.0160. The molecule has 1 saturated carbocycles. The maximum Gasteiger partial charge on any atom is 0.231 e. The number of carbonyl (C=O) groups is 2. The highest BCUT2D eigenvalue weighted by Gasteiger charge is 2.43. The van der Waals surface area contributed by atoms with Gasteiger partial charge in [-0.05, 0) is 64.7 Å². The second-order valence-corrected chi connectivity index (χ2v) is 8.23. The zero-order valence-electron chi connectivity index (χ0n) is 15.6. The molecule has 1 aromatic rings. The van der Waals surface area contributed by atoms with E-state index < -0.39 is 5.41 Å². The fourth-order valence-electron chi connectivity index (χ4n) is 3.43. The third-order valence-electron chi connectivity index (χ3n) is 4.70. The fourth-order valence-corrected chi connectivity index (χ4v) is 3.43. The van der Waals surface area contributed by atoms with Crippen LogP contribution >= 0.6 is 0 Å². The number of hydrogen-bond acceptors (Lipinski definition) is 2. The summed E-state index contributed by atoms with van der Waals surface area (Å²) in [5, 5.41) is 6.07. The molecule has 2 N–H and O–H groups in total. The maximum atomic E-state index is 13.0. The van der Waals surface area contributed by atoms with E-state index in [9.17, 15) is 9.59 Å². The quantitative estimate of drug-likeness (QED) is 0.873. The van der Waals surface area contributed by atoms with Gasteiger partial charge in [-0.15, -0.1) is 0 Å². The summed E-state index contributed by atoms with van der Waals surface area (Å²) in [6.07, 6.45) is 3.83. The summed E-state index contributed by atoms with van der Waals surface area (Å²) in [4.78, 5) is 25.4. The van der Waals surface area contributed by atoms with Crippen LogP contribution in [0.2, 0.25) is 0 Å². The molecular formula is C20H30N2O2. The molecule has 1 aromatic carbocycles. The Balaban J connectivity index is 2.15. The van der Waals surface area contributed by atoms with Crippen molar-refractivity contribution in [3.05, 3.63) is 29.3 Å². The number of amides is 2. The predicted molar refractivity (Wildman–Crippen MR) is 98.0 cm³/mol. The van der Waals surface area contributed by atoms with Gasteiger partial charge < -0.3 is 10.6 Å². The topological polar surface area (TPSA) is 58.2 Å². The molecule has 0 radical (unpaired) electrons. The molecule has 1 aliphatic carbocycles. The zero-order chi connectivity index (χ0) is 18.0. The Morgan fingerprint density at radius 1 is 1.12 bits per heavy atom. The first-order valence-corrected chi connectivity index (χ1v) is 8.81. The smallest absolute Gasteiger partial charge is 0.231 e. The van der Waals surface area contributed by atoms with Gasteiger partial charge in [-0.1, -0.05) is 25.0 Å². The van der Waals surface area contributed by atoms with Crippen molar-refractivity contribution in [2.45, 2.75) is 72.3 Å². The average molecular weight is 330 g/mol. The lowest BCUT2D eigenvalue weighted by Gasteiger charge is -2.29. The number of rotatable bonds is 4. The lowest BCUT2D eigenvalue weighted by Crippen LogP contribution is -2.45. The van der Waals surface area contributed by atoms with E-state index in [0.717, 1.165) is 42.5 Å². The Kier molecular flexibility index (Phi) is 5.36. The van der Waals surface area contributed by atoms with Crippen LogP contribution in [0.25, 0.3) is 0 Å². The summed E-state index contributed by atoms with van der Waals surface area (Å²) in [5.41, 5.74) is 2.15. The summed E-state index contributed by atoms with van der Waals surface area (Å²) >= 11 is 0. The van der Waals surface area contributed by atoms with Crippen LogP contribution in [0.5, 0.6) is 0 Å². The van der Waals surface area contributed by atoms with Crippen molar-refractivity contribution in [2.75, 3.05) is 5.32 Å². The molecule has 0 bridgehead atoms. The summed E-state index contributed by atoms with van der Waals surface area (Å²) in [6.45, 7) is 9.88. The second-order valence-electron chi connectivity index (χ2n) is 8.23. The monoisotopic (exact) mass is 330 g/mol. The minimum atomic E-state index is -0.578. The van der Waals surface area contributed by atoms with Gasteiger partial charge in [0.1, 0.15) is 0 Å². The third kappa shape index (κ3) is 4.59. The largest absolute Gasteiger partial charge is 0.351 e. The lowest BCUT2D eigenvalue weighted by atomic mass is 9.81. The normalized spacial score (nSPS) is 16.7. The number of hydrogen-bond donors (Lipinski definition) is 2. The van der Waals surface area contributed by atoms with Crippen molar-refractivity contribution in [1.29, 1.82) is 0 Å². The van der Waals surface area contributed by atoms with Gasteiger partial charge in [0, 0.05) is 17.6 Å². The SMILES string of the molecule is Cc1ccc(C)c(NC(=O)C2(CC(=O)NC(C)(C)C)CCCC2)c1. The molecule has 0 heterocycles. The molecule has 1 fully saturated rings. The predicted octanol–water partition coefficient (Wildman–Crippen LogP) is 4.11. The molecular weight excluding hydrogens is 300 g/mol. The molecule has 0 aliphatic heterocycles. The highest BCUT2D eigenvalue weighted by atomic mass is 16.2. The molecule has 132 valence electrons. The van der Waals surface area contributed by atoms with Crippen molar-refractivity contribution in [1.82, 2.24) is 5.32 Å². The van der Waals surface area contributed by atoms with Crippen LogP contribution in [0.3, 0.4) is 0 Å². The van der Waals surface area contributed by atoms with E-state index in [4.69, 9.17) is 0 Å². The first kappa shape index (κ1) is 18.5. The van der Waals surface area contributed by atoms with Gasteiger partial charge in [0.05, 0.1) is 5.41 Å². The van der Waals surface area contributed by atoms with Gasteiger partial charge in [0.25, 0.3) is 0 Å². The highest BCUT2D eigenvalue weighted by Crippen LogP contribution is 2.42. The molecule has 0 saturated heterocycles. The number of aryl methyl sites for hydroxylation is 2. The molecule has 0 unspecified atom stereocenters. The minimum Gasteiger partial charge on any atom is -0.351 e. The third-order valence-corrected chi connectivity index (χ3v) is 4.70. The Labute approximate surface area is 145 Å². The van der Waals surface area contributed by atoms with Crippen LogP contribution in [-0.2, 0) is 9.59 Å². The van der Waals surface area contributed by atoms with E-state index >= 15 is 0 Å². The van der Waals surface area contributed by atoms with Crippen LogP contribution in [0.4, 0.5) is 5.69 Å². The Hall–Kier alpha value is -1.84. The molecule has 0 spiro atoms. The van der Waals surface area contributed by atoms with Crippen molar-refractivity contribution in [3.63, 3.8) is 0 Å². The van der Waals surface area contributed by atoms with E-state index in [0.29, 0.717) is 0 Å². The van der Waals surface area contributed by atoms with Crippen molar-refractivity contribution in [2.24, 2.45) is 5.41 Å². The molecule has 4 heteroatoms. The highest BCUT2D eigenvalue weighted by molar-refractivity contribution is 5.98. The number of anilines is 1. The van der Waals surface area contributed by atoms with Gasteiger partial charge in [0.2, 0.25) is 11.8 Å². The van der Waals surface area contributed by atoms with Crippen LogP contribution in [0.1, 0.15) is 64.0 Å².